The normalized spacial score (nSPS) is 14.1. The fourth-order valence-corrected chi connectivity index (χ4v) is 1.10. The van der Waals surface area contributed by atoms with Crippen molar-refractivity contribution in [2.45, 2.75) is 12.3 Å². The lowest BCUT2D eigenvalue weighted by Crippen LogP contribution is -2.20. The third-order valence-electron chi connectivity index (χ3n) is 1.59. The van der Waals surface area contributed by atoms with E-state index in [1.807, 2.05) is 0 Å². The zero-order valence-electron chi connectivity index (χ0n) is 6.72. The van der Waals surface area contributed by atoms with Gasteiger partial charge < -0.3 is 10.2 Å². The molecule has 0 bridgehead atoms. The molecule has 0 spiro atoms. The predicted molar refractivity (Wildman–Crippen MR) is 44.1 cm³/mol. The Morgan fingerprint density at radius 2 is 1.86 bits per heavy atom. The van der Waals surface area contributed by atoms with Gasteiger partial charge in [0.15, 0.2) is 6.10 Å². The quantitative estimate of drug-likeness (QED) is 0.773. The van der Waals surface area contributed by atoms with E-state index >= 15 is 0 Å². The minimum atomic E-state index is -4.82. The standard InChI is InChI=1S/C8H6ClF3O2/c9-4-1-2-6(13)5(3-4)7(14)8(10,11)12/h1-3,7,13-14H/t7-/m1/s1. The van der Waals surface area contributed by atoms with E-state index in [1.54, 1.807) is 0 Å². The molecular weight excluding hydrogens is 221 g/mol. The Morgan fingerprint density at radius 1 is 1.29 bits per heavy atom. The van der Waals surface area contributed by atoms with Gasteiger partial charge in [0.1, 0.15) is 5.75 Å². The van der Waals surface area contributed by atoms with E-state index < -0.39 is 23.6 Å². The lowest BCUT2D eigenvalue weighted by Gasteiger charge is -2.15. The first kappa shape index (κ1) is 11.1. The van der Waals surface area contributed by atoms with Gasteiger partial charge in [0.25, 0.3) is 0 Å². The molecule has 1 aromatic carbocycles. The van der Waals surface area contributed by atoms with Gasteiger partial charge in [0.2, 0.25) is 0 Å². The summed E-state index contributed by atoms with van der Waals surface area (Å²) >= 11 is 5.42. The number of halogens is 4. The minimum absolute atomic E-state index is 0.0149. The van der Waals surface area contributed by atoms with Gasteiger partial charge in [-0.1, -0.05) is 11.6 Å². The monoisotopic (exact) mass is 226 g/mol. The zero-order chi connectivity index (χ0) is 10.9. The lowest BCUT2D eigenvalue weighted by molar-refractivity contribution is -0.207. The number of aliphatic hydroxyl groups excluding tert-OH is 1. The maximum absolute atomic E-state index is 12.0. The Bertz CT molecular complexity index is 338. The highest BCUT2D eigenvalue weighted by atomic mass is 35.5. The molecule has 2 N–H and O–H groups in total. The fourth-order valence-electron chi connectivity index (χ4n) is 0.921. The SMILES string of the molecule is Oc1ccc(Cl)cc1[C@@H](O)C(F)(F)F. The molecule has 6 heteroatoms. The van der Waals surface area contributed by atoms with Crippen molar-refractivity contribution < 1.29 is 23.4 Å². The smallest absolute Gasteiger partial charge is 0.418 e. The van der Waals surface area contributed by atoms with Crippen molar-refractivity contribution in [3.05, 3.63) is 28.8 Å². The molecule has 2 nitrogen and oxygen atoms in total. The van der Waals surface area contributed by atoms with Gasteiger partial charge in [-0.05, 0) is 18.2 Å². The minimum Gasteiger partial charge on any atom is -0.508 e. The summed E-state index contributed by atoms with van der Waals surface area (Å²) in [7, 11) is 0. The maximum atomic E-state index is 12.0. The molecule has 0 fully saturated rings. The van der Waals surface area contributed by atoms with E-state index in [-0.39, 0.29) is 5.02 Å². The molecule has 0 saturated heterocycles. The van der Waals surface area contributed by atoms with E-state index in [1.165, 1.54) is 6.07 Å². The second-order valence-electron chi connectivity index (χ2n) is 2.65. The van der Waals surface area contributed by atoms with Crippen molar-refractivity contribution in [1.82, 2.24) is 0 Å². The van der Waals surface area contributed by atoms with E-state index in [9.17, 15) is 13.2 Å². The Labute approximate surface area is 82.5 Å². The summed E-state index contributed by atoms with van der Waals surface area (Å²) in [5, 5.41) is 17.9. The summed E-state index contributed by atoms with van der Waals surface area (Å²) in [4.78, 5) is 0. The van der Waals surface area contributed by atoms with Crippen LogP contribution in [-0.4, -0.2) is 16.4 Å². The Morgan fingerprint density at radius 3 is 2.36 bits per heavy atom. The van der Waals surface area contributed by atoms with Crippen molar-refractivity contribution in [2.24, 2.45) is 0 Å². The highest BCUT2D eigenvalue weighted by molar-refractivity contribution is 6.30. The summed E-state index contributed by atoms with van der Waals surface area (Å²) in [6, 6.07) is 3.09. The van der Waals surface area contributed by atoms with Crippen LogP contribution >= 0.6 is 11.6 Å². The number of aliphatic hydroxyl groups is 1. The first-order chi connectivity index (χ1) is 6.32. The molecule has 1 rings (SSSR count). The highest BCUT2D eigenvalue weighted by Crippen LogP contribution is 2.37. The predicted octanol–water partition coefficient (Wildman–Crippen LogP) is 2.64. The molecule has 14 heavy (non-hydrogen) atoms. The van der Waals surface area contributed by atoms with E-state index in [2.05, 4.69) is 0 Å². The maximum Gasteiger partial charge on any atom is 0.418 e. The Kier molecular flexibility index (Phi) is 2.92. The first-order valence-corrected chi connectivity index (χ1v) is 3.93. The molecule has 0 heterocycles. The highest BCUT2D eigenvalue weighted by Gasteiger charge is 2.40. The van der Waals surface area contributed by atoms with Crippen LogP contribution in [-0.2, 0) is 0 Å². The fraction of sp³-hybridized carbons (Fsp3) is 0.250. The van der Waals surface area contributed by atoms with Crippen LogP contribution < -0.4 is 0 Å². The van der Waals surface area contributed by atoms with Crippen molar-refractivity contribution in [1.29, 1.82) is 0 Å². The van der Waals surface area contributed by atoms with Gasteiger partial charge >= 0.3 is 6.18 Å². The number of rotatable bonds is 1. The van der Waals surface area contributed by atoms with Gasteiger partial charge in [-0.2, -0.15) is 13.2 Å². The van der Waals surface area contributed by atoms with Crippen LogP contribution in [0.2, 0.25) is 5.02 Å². The third kappa shape index (κ3) is 2.30. The Hall–Kier alpha value is -0.940. The van der Waals surface area contributed by atoms with Crippen LogP contribution in [0, 0.1) is 0 Å². The zero-order valence-corrected chi connectivity index (χ0v) is 7.47. The average Bonchev–Trinajstić information content (AvgIpc) is 2.06. The first-order valence-electron chi connectivity index (χ1n) is 3.55. The molecule has 0 aliphatic heterocycles. The molecule has 0 aromatic heterocycles. The lowest BCUT2D eigenvalue weighted by atomic mass is 10.1. The molecule has 0 aliphatic rings. The van der Waals surface area contributed by atoms with Gasteiger partial charge in [-0.25, -0.2) is 0 Å². The molecule has 78 valence electrons. The molecule has 0 unspecified atom stereocenters. The van der Waals surface area contributed by atoms with Crippen molar-refractivity contribution in [2.75, 3.05) is 0 Å². The number of phenols is 1. The third-order valence-corrected chi connectivity index (χ3v) is 1.83. The molecular formula is C8H6ClF3O2. The number of benzene rings is 1. The number of phenolic OH excluding ortho intramolecular Hbond substituents is 1. The van der Waals surface area contributed by atoms with Crippen LogP contribution in [0.15, 0.2) is 18.2 Å². The second-order valence-corrected chi connectivity index (χ2v) is 3.08. The topological polar surface area (TPSA) is 40.5 Å². The van der Waals surface area contributed by atoms with E-state index in [0.29, 0.717) is 0 Å². The van der Waals surface area contributed by atoms with Crippen LogP contribution in [0.1, 0.15) is 11.7 Å². The number of hydrogen-bond donors (Lipinski definition) is 2. The summed E-state index contributed by atoms with van der Waals surface area (Å²) in [5.74, 6) is -0.640. The Balaban J connectivity index is 3.12. The van der Waals surface area contributed by atoms with E-state index in [0.717, 1.165) is 12.1 Å². The molecule has 0 amide bonds. The van der Waals surface area contributed by atoms with Crippen LogP contribution in [0.4, 0.5) is 13.2 Å². The van der Waals surface area contributed by atoms with Crippen LogP contribution in [0.25, 0.3) is 0 Å². The van der Waals surface area contributed by atoms with Gasteiger partial charge in [0.05, 0.1) is 0 Å². The molecule has 0 radical (unpaired) electrons. The summed E-state index contributed by atoms with van der Waals surface area (Å²) in [5.41, 5.74) is -0.648. The van der Waals surface area contributed by atoms with Crippen LogP contribution in [0.3, 0.4) is 0 Å². The van der Waals surface area contributed by atoms with Gasteiger partial charge in [0, 0.05) is 10.6 Å². The summed E-state index contributed by atoms with van der Waals surface area (Å²) < 4.78 is 36.1. The largest absolute Gasteiger partial charge is 0.508 e. The van der Waals surface area contributed by atoms with Gasteiger partial charge in [-0.3, -0.25) is 0 Å². The number of hydrogen-bond acceptors (Lipinski definition) is 2. The molecule has 1 atom stereocenters. The molecule has 1 aromatic rings. The average molecular weight is 227 g/mol. The van der Waals surface area contributed by atoms with Gasteiger partial charge in [-0.15, -0.1) is 0 Å². The second kappa shape index (κ2) is 3.67. The number of alkyl halides is 3. The summed E-state index contributed by atoms with van der Waals surface area (Å²) in [6.45, 7) is 0. The van der Waals surface area contributed by atoms with Crippen LogP contribution in [0.5, 0.6) is 5.75 Å². The molecule has 0 saturated carbocycles. The summed E-state index contributed by atoms with van der Waals surface area (Å²) in [6.07, 6.45) is -7.54. The van der Waals surface area contributed by atoms with Crippen molar-refractivity contribution >= 4 is 11.6 Å². The van der Waals surface area contributed by atoms with Crippen molar-refractivity contribution in [3.8, 4) is 5.75 Å². The number of aromatic hydroxyl groups is 1. The van der Waals surface area contributed by atoms with Crippen molar-refractivity contribution in [3.63, 3.8) is 0 Å². The molecule has 0 aliphatic carbocycles. The van der Waals surface area contributed by atoms with E-state index in [4.69, 9.17) is 21.8 Å².